The molecule has 17 heavy (non-hydrogen) atoms. The highest BCUT2D eigenvalue weighted by Crippen LogP contribution is 2.11. The van der Waals surface area contributed by atoms with Gasteiger partial charge in [0.05, 0.1) is 6.33 Å². The molecule has 2 N–H and O–H groups in total. The molecule has 1 aromatic carbocycles. The van der Waals surface area contributed by atoms with Crippen LogP contribution in [-0.2, 0) is 19.5 Å². The zero-order valence-corrected chi connectivity index (χ0v) is 10.0. The normalized spacial score (nSPS) is 10.6. The van der Waals surface area contributed by atoms with Crippen LogP contribution in [0.3, 0.4) is 0 Å². The van der Waals surface area contributed by atoms with E-state index in [1.807, 2.05) is 18.7 Å². The Bertz CT molecular complexity index is 434. The lowest BCUT2D eigenvalue weighted by atomic mass is 10.0. The molecule has 0 spiro atoms. The average molecular weight is 229 g/mol. The van der Waals surface area contributed by atoms with E-state index in [0.717, 1.165) is 13.0 Å². The van der Waals surface area contributed by atoms with Crippen molar-refractivity contribution in [1.29, 1.82) is 0 Å². The van der Waals surface area contributed by atoms with E-state index in [2.05, 4.69) is 33.8 Å². The van der Waals surface area contributed by atoms with Crippen LogP contribution in [0, 0.1) is 0 Å². The summed E-state index contributed by atoms with van der Waals surface area (Å²) >= 11 is 0. The lowest BCUT2D eigenvalue weighted by Gasteiger charge is -2.07. The monoisotopic (exact) mass is 229 g/mol. The molecule has 0 aliphatic heterocycles. The summed E-state index contributed by atoms with van der Waals surface area (Å²) in [4.78, 5) is 4.03. The number of nitrogens with zero attached hydrogens (tertiary/aromatic N) is 2. The molecule has 0 radical (unpaired) electrons. The summed E-state index contributed by atoms with van der Waals surface area (Å²) in [6.45, 7) is 1.68. The van der Waals surface area contributed by atoms with Gasteiger partial charge >= 0.3 is 0 Å². The smallest absolute Gasteiger partial charge is 0.0945 e. The molecule has 0 atom stereocenters. The highest BCUT2D eigenvalue weighted by molar-refractivity contribution is 5.26. The van der Waals surface area contributed by atoms with Gasteiger partial charge in [-0.3, -0.25) is 0 Å². The minimum atomic E-state index is 0.637. The van der Waals surface area contributed by atoms with E-state index in [1.54, 1.807) is 0 Å². The summed E-state index contributed by atoms with van der Waals surface area (Å²) in [5.74, 6) is 0. The van der Waals surface area contributed by atoms with Gasteiger partial charge in [0.15, 0.2) is 0 Å². The Morgan fingerprint density at radius 2 is 1.94 bits per heavy atom. The van der Waals surface area contributed by atoms with Crippen molar-refractivity contribution >= 4 is 0 Å². The Morgan fingerprint density at radius 3 is 2.65 bits per heavy atom. The number of benzene rings is 1. The van der Waals surface area contributed by atoms with Crippen molar-refractivity contribution in [2.75, 3.05) is 0 Å². The van der Waals surface area contributed by atoms with Crippen LogP contribution in [0.1, 0.15) is 24.0 Å². The molecular weight excluding hydrogens is 210 g/mol. The first kappa shape index (κ1) is 11.9. The third-order valence-electron chi connectivity index (χ3n) is 3.01. The maximum absolute atomic E-state index is 5.72. The number of hydrogen-bond acceptors (Lipinski definition) is 2. The first-order chi connectivity index (χ1) is 8.40. The Labute approximate surface area is 102 Å². The number of hydrogen-bond donors (Lipinski definition) is 1. The van der Waals surface area contributed by atoms with Crippen LogP contribution in [0.4, 0.5) is 0 Å². The molecule has 0 unspecified atom stereocenters. The molecule has 3 nitrogen and oxygen atoms in total. The lowest BCUT2D eigenvalue weighted by Crippen LogP contribution is -2.02. The van der Waals surface area contributed by atoms with Gasteiger partial charge in [-0.15, -0.1) is 0 Å². The van der Waals surface area contributed by atoms with Crippen LogP contribution in [-0.4, -0.2) is 9.55 Å². The Hall–Kier alpha value is -1.61. The second-order valence-corrected chi connectivity index (χ2v) is 4.23. The average Bonchev–Trinajstić information content (AvgIpc) is 2.88. The van der Waals surface area contributed by atoms with Crippen LogP contribution >= 0.6 is 0 Å². The second-order valence-electron chi connectivity index (χ2n) is 4.23. The molecule has 0 aliphatic carbocycles. The fourth-order valence-corrected chi connectivity index (χ4v) is 2.03. The van der Waals surface area contributed by atoms with Crippen LogP contribution in [0.25, 0.3) is 0 Å². The molecule has 90 valence electrons. The van der Waals surface area contributed by atoms with Crippen LogP contribution in [0.2, 0.25) is 0 Å². The molecule has 0 aliphatic rings. The van der Waals surface area contributed by atoms with Crippen LogP contribution in [0.15, 0.2) is 43.0 Å². The van der Waals surface area contributed by atoms with Crippen molar-refractivity contribution in [3.63, 3.8) is 0 Å². The minimum absolute atomic E-state index is 0.637. The molecule has 0 saturated carbocycles. The number of rotatable bonds is 6. The number of aryl methyl sites for hydroxylation is 2. The van der Waals surface area contributed by atoms with Crippen molar-refractivity contribution in [3.8, 4) is 0 Å². The maximum atomic E-state index is 5.72. The molecule has 0 amide bonds. The van der Waals surface area contributed by atoms with E-state index >= 15 is 0 Å². The lowest BCUT2D eigenvalue weighted by molar-refractivity contribution is 0.607. The quantitative estimate of drug-likeness (QED) is 0.773. The summed E-state index contributed by atoms with van der Waals surface area (Å²) < 4.78 is 2.12. The van der Waals surface area contributed by atoms with Crippen LogP contribution in [0.5, 0.6) is 0 Å². The summed E-state index contributed by atoms with van der Waals surface area (Å²) in [7, 11) is 0. The van der Waals surface area contributed by atoms with Gasteiger partial charge in [0.1, 0.15) is 0 Å². The standard InChI is InChI=1S/C14H19N3/c15-11-14-7-2-1-5-13(14)6-3-4-9-17-10-8-16-12-17/h1-2,5,7-8,10,12H,3-4,6,9,11,15H2. The fourth-order valence-electron chi connectivity index (χ4n) is 2.03. The molecule has 1 heterocycles. The SMILES string of the molecule is NCc1ccccc1CCCCn1ccnc1. The zero-order chi connectivity index (χ0) is 11.9. The van der Waals surface area contributed by atoms with Gasteiger partial charge in [-0.05, 0) is 30.4 Å². The summed E-state index contributed by atoms with van der Waals surface area (Å²) in [5.41, 5.74) is 8.38. The molecule has 1 aromatic heterocycles. The first-order valence-electron chi connectivity index (χ1n) is 6.13. The van der Waals surface area contributed by atoms with E-state index in [1.165, 1.54) is 24.0 Å². The number of aromatic nitrogens is 2. The Morgan fingerprint density at radius 1 is 1.12 bits per heavy atom. The van der Waals surface area contributed by atoms with Gasteiger partial charge in [-0.2, -0.15) is 0 Å². The number of nitrogens with two attached hydrogens (primary N) is 1. The molecule has 2 aromatic rings. The predicted octanol–water partition coefficient (Wildman–Crippen LogP) is 2.36. The van der Waals surface area contributed by atoms with Gasteiger partial charge in [-0.1, -0.05) is 24.3 Å². The third kappa shape index (κ3) is 3.43. The third-order valence-corrected chi connectivity index (χ3v) is 3.01. The van der Waals surface area contributed by atoms with Crippen molar-refractivity contribution in [1.82, 2.24) is 9.55 Å². The van der Waals surface area contributed by atoms with Gasteiger partial charge in [0.25, 0.3) is 0 Å². The van der Waals surface area contributed by atoms with Crippen molar-refractivity contribution < 1.29 is 0 Å². The van der Waals surface area contributed by atoms with Gasteiger partial charge in [0, 0.05) is 25.5 Å². The van der Waals surface area contributed by atoms with Crippen molar-refractivity contribution in [2.45, 2.75) is 32.4 Å². The largest absolute Gasteiger partial charge is 0.337 e. The molecule has 2 rings (SSSR count). The minimum Gasteiger partial charge on any atom is -0.337 e. The van der Waals surface area contributed by atoms with E-state index in [0.29, 0.717) is 6.54 Å². The zero-order valence-electron chi connectivity index (χ0n) is 10.0. The van der Waals surface area contributed by atoms with E-state index < -0.39 is 0 Å². The molecular formula is C14H19N3. The van der Waals surface area contributed by atoms with E-state index in [-0.39, 0.29) is 0 Å². The van der Waals surface area contributed by atoms with E-state index in [4.69, 9.17) is 5.73 Å². The molecule has 0 saturated heterocycles. The van der Waals surface area contributed by atoms with Crippen molar-refractivity contribution in [2.24, 2.45) is 5.73 Å². The second kappa shape index (κ2) is 6.21. The van der Waals surface area contributed by atoms with Crippen LogP contribution < -0.4 is 5.73 Å². The molecule has 0 bridgehead atoms. The Balaban J connectivity index is 1.78. The number of imidazole rings is 1. The fraction of sp³-hybridized carbons (Fsp3) is 0.357. The molecule has 3 heteroatoms. The first-order valence-corrected chi connectivity index (χ1v) is 6.13. The van der Waals surface area contributed by atoms with Gasteiger partial charge < -0.3 is 10.3 Å². The number of unbranched alkanes of at least 4 members (excludes halogenated alkanes) is 1. The Kier molecular flexibility index (Phi) is 4.33. The predicted molar refractivity (Wildman–Crippen MR) is 69.5 cm³/mol. The highest BCUT2D eigenvalue weighted by Gasteiger charge is 1.99. The summed E-state index contributed by atoms with van der Waals surface area (Å²) in [6, 6.07) is 8.44. The maximum Gasteiger partial charge on any atom is 0.0945 e. The topological polar surface area (TPSA) is 43.8 Å². The van der Waals surface area contributed by atoms with Crippen molar-refractivity contribution in [3.05, 3.63) is 54.1 Å². The summed E-state index contributed by atoms with van der Waals surface area (Å²) in [5, 5.41) is 0. The molecule has 0 fully saturated rings. The van der Waals surface area contributed by atoms with E-state index in [9.17, 15) is 0 Å². The van der Waals surface area contributed by atoms with Gasteiger partial charge in [-0.25, -0.2) is 4.98 Å². The van der Waals surface area contributed by atoms with Gasteiger partial charge in [0.2, 0.25) is 0 Å². The summed E-state index contributed by atoms with van der Waals surface area (Å²) in [6.07, 6.45) is 9.18. The highest BCUT2D eigenvalue weighted by atomic mass is 15.0.